The summed E-state index contributed by atoms with van der Waals surface area (Å²) >= 11 is 0. The average molecular weight is 190 g/mol. The van der Waals surface area contributed by atoms with Gasteiger partial charge in [0.15, 0.2) is 0 Å². The van der Waals surface area contributed by atoms with Crippen molar-refractivity contribution >= 4 is 6.08 Å². The van der Waals surface area contributed by atoms with Gasteiger partial charge in [0, 0.05) is 0 Å². The minimum atomic E-state index is 1.34. The van der Waals surface area contributed by atoms with Gasteiger partial charge in [0.05, 0.1) is 0 Å². The topological polar surface area (TPSA) is 0 Å². The summed E-state index contributed by atoms with van der Waals surface area (Å²) in [5.74, 6) is 0. The van der Waals surface area contributed by atoms with E-state index in [-0.39, 0.29) is 0 Å². The van der Waals surface area contributed by atoms with E-state index in [1.807, 2.05) is 13.8 Å². The molecule has 0 nitrogen and oxygen atoms in total. The molecule has 0 atom stereocenters. The molecule has 1 aromatic carbocycles. The molecule has 78 valence electrons. The molecule has 0 radical (unpaired) electrons. The van der Waals surface area contributed by atoms with Crippen molar-refractivity contribution in [2.75, 3.05) is 0 Å². The third kappa shape index (κ3) is 3.37. The molecule has 0 amide bonds. The van der Waals surface area contributed by atoms with E-state index in [9.17, 15) is 0 Å². The molecule has 14 heavy (non-hydrogen) atoms. The zero-order valence-corrected chi connectivity index (χ0v) is 10.3. The fourth-order valence-electron chi connectivity index (χ4n) is 1.43. The molecule has 0 aliphatic heterocycles. The van der Waals surface area contributed by atoms with E-state index in [4.69, 9.17) is 0 Å². The molecule has 1 aromatic rings. The first-order valence-electron chi connectivity index (χ1n) is 5.35. The summed E-state index contributed by atoms with van der Waals surface area (Å²) in [6.07, 6.45) is 4.25. The van der Waals surface area contributed by atoms with E-state index >= 15 is 0 Å². The summed E-state index contributed by atoms with van der Waals surface area (Å²) < 4.78 is 0. The molecule has 1 rings (SSSR count). The zero-order valence-electron chi connectivity index (χ0n) is 10.3. The zero-order chi connectivity index (χ0) is 11.1. The fraction of sp³-hybridized carbons (Fsp3) is 0.429. The lowest BCUT2D eigenvalue weighted by molar-refractivity contribution is 1.28. The lowest BCUT2D eigenvalue weighted by Crippen LogP contribution is -1.87. The third-order valence-electron chi connectivity index (χ3n) is 2.20. The summed E-state index contributed by atoms with van der Waals surface area (Å²) in [4.78, 5) is 0. The summed E-state index contributed by atoms with van der Waals surface area (Å²) in [6.45, 7) is 12.5. The Morgan fingerprint density at radius 3 is 2.07 bits per heavy atom. The fourth-order valence-corrected chi connectivity index (χ4v) is 1.43. The highest BCUT2D eigenvalue weighted by molar-refractivity contribution is 5.56. The van der Waals surface area contributed by atoms with Crippen LogP contribution < -0.4 is 0 Å². The van der Waals surface area contributed by atoms with Gasteiger partial charge in [-0.15, -0.1) is 0 Å². The number of aryl methyl sites for hydroxylation is 2. The lowest BCUT2D eigenvalue weighted by Gasteiger charge is -2.06. The van der Waals surface area contributed by atoms with Crippen LogP contribution in [0.2, 0.25) is 0 Å². The molecule has 0 spiro atoms. The van der Waals surface area contributed by atoms with E-state index in [2.05, 4.69) is 52.0 Å². The minimum Gasteiger partial charge on any atom is -0.0871 e. The smallest absolute Gasteiger partial charge is 0.0225 e. The Morgan fingerprint density at radius 1 is 1.00 bits per heavy atom. The van der Waals surface area contributed by atoms with E-state index in [0.29, 0.717) is 0 Å². The van der Waals surface area contributed by atoms with Crippen LogP contribution in [0.5, 0.6) is 0 Å². The average Bonchev–Trinajstić information content (AvgIpc) is 2.17. The normalized spacial score (nSPS) is 9.86. The first-order valence-corrected chi connectivity index (χ1v) is 5.35. The van der Waals surface area contributed by atoms with Crippen LogP contribution in [0, 0.1) is 20.8 Å². The lowest BCUT2D eigenvalue weighted by atomic mass is 10.00. The van der Waals surface area contributed by atoms with E-state index in [1.54, 1.807) is 0 Å². The second-order valence-electron chi connectivity index (χ2n) is 3.30. The van der Waals surface area contributed by atoms with Crippen molar-refractivity contribution in [1.82, 2.24) is 0 Å². The van der Waals surface area contributed by atoms with Crippen LogP contribution in [-0.4, -0.2) is 0 Å². The van der Waals surface area contributed by atoms with Crippen LogP contribution >= 0.6 is 0 Å². The standard InChI is InChI=1S/C12H16.C2H6/c1-5-6-12-8-9(2)7-10(3)11(12)4;1-2/h5-8H,1-4H3;1-2H3/b6-5-;. The summed E-state index contributed by atoms with van der Waals surface area (Å²) in [5, 5.41) is 0. The Balaban J connectivity index is 0.000000791. The van der Waals surface area contributed by atoms with Gasteiger partial charge in [-0.05, 0) is 44.4 Å². The monoisotopic (exact) mass is 190 g/mol. The molecular formula is C14H22. The van der Waals surface area contributed by atoms with Crippen molar-refractivity contribution < 1.29 is 0 Å². The predicted molar refractivity (Wildman–Crippen MR) is 66.7 cm³/mol. The van der Waals surface area contributed by atoms with Crippen molar-refractivity contribution in [2.24, 2.45) is 0 Å². The van der Waals surface area contributed by atoms with Gasteiger partial charge in [0.1, 0.15) is 0 Å². The van der Waals surface area contributed by atoms with Gasteiger partial charge in [0.25, 0.3) is 0 Å². The number of allylic oxidation sites excluding steroid dienone is 1. The van der Waals surface area contributed by atoms with Crippen LogP contribution in [0.15, 0.2) is 18.2 Å². The first kappa shape index (κ1) is 13.0. The van der Waals surface area contributed by atoms with Gasteiger partial charge in [-0.25, -0.2) is 0 Å². The number of hydrogen-bond acceptors (Lipinski definition) is 0. The van der Waals surface area contributed by atoms with Crippen LogP contribution in [-0.2, 0) is 0 Å². The molecule has 0 unspecified atom stereocenters. The van der Waals surface area contributed by atoms with Gasteiger partial charge in [0.2, 0.25) is 0 Å². The minimum absolute atomic E-state index is 1.34. The molecule has 0 aromatic heterocycles. The van der Waals surface area contributed by atoms with Gasteiger partial charge < -0.3 is 0 Å². The van der Waals surface area contributed by atoms with Crippen molar-refractivity contribution in [2.45, 2.75) is 41.5 Å². The molecule has 0 aliphatic carbocycles. The van der Waals surface area contributed by atoms with Gasteiger partial charge >= 0.3 is 0 Å². The van der Waals surface area contributed by atoms with Crippen LogP contribution in [0.25, 0.3) is 6.08 Å². The SMILES string of the molecule is C/C=C\c1cc(C)cc(C)c1C.CC. The van der Waals surface area contributed by atoms with Crippen LogP contribution in [0.3, 0.4) is 0 Å². The molecular weight excluding hydrogens is 168 g/mol. The largest absolute Gasteiger partial charge is 0.0871 e. The quantitative estimate of drug-likeness (QED) is 0.603. The Bertz CT molecular complexity index is 306. The molecule has 0 fully saturated rings. The number of rotatable bonds is 1. The molecule has 0 bridgehead atoms. The highest BCUT2D eigenvalue weighted by Crippen LogP contribution is 2.16. The molecule has 0 heteroatoms. The molecule has 0 N–H and O–H groups in total. The van der Waals surface area contributed by atoms with Gasteiger partial charge in [-0.3, -0.25) is 0 Å². The summed E-state index contributed by atoms with van der Waals surface area (Å²) in [5.41, 5.74) is 5.45. The number of hydrogen-bond donors (Lipinski definition) is 0. The van der Waals surface area contributed by atoms with E-state index < -0.39 is 0 Å². The van der Waals surface area contributed by atoms with Crippen molar-refractivity contribution in [3.05, 3.63) is 40.5 Å². The van der Waals surface area contributed by atoms with E-state index in [0.717, 1.165) is 0 Å². The predicted octanol–water partition coefficient (Wildman–Crippen LogP) is 4.67. The van der Waals surface area contributed by atoms with Gasteiger partial charge in [-0.2, -0.15) is 0 Å². The van der Waals surface area contributed by atoms with Crippen LogP contribution in [0.4, 0.5) is 0 Å². The Morgan fingerprint density at radius 2 is 1.57 bits per heavy atom. The second-order valence-corrected chi connectivity index (χ2v) is 3.30. The summed E-state index contributed by atoms with van der Waals surface area (Å²) in [6, 6.07) is 4.45. The molecule has 0 aliphatic rings. The van der Waals surface area contributed by atoms with Crippen molar-refractivity contribution in [1.29, 1.82) is 0 Å². The van der Waals surface area contributed by atoms with Gasteiger partial charge in [-0.1, -0.05) is 43.7 Å². The third-order valence-corrected chi connectivity index (χ3v) is 2.20. The second kappa shape index (κ2) is 6.42. The Kier molecular flexibility index (Phi) is 5.94. The maximum Gasteiger partial charge on any atom is -0.0225 e. The van der Waals surface area contributed by atoms with Crippen LogP contribution in [0.1, 0.15) is 43.0 Å². The van der Waals surface area contributed by atoms with Crippen molar-refractivity contribution in [3.63, 3.8) is 0 Å². The number of benzene rings is 1. The molecule has 0 saturated carbocycles. The highest BCUT2D eigenvalue weighted by Gasteiger charge is 1.98. The highest BCUT2D eigenvalue weighted by atomic mass is 14.0. The first-order chi connectivity index (χ1) is 6.65. The Hall–Kier alpha value is -1.04. The maximum atomic E-state index is 2.22. The Labute approximate surface area is 88.7 Å². The van der Waals surface area contributed by atoms with Crippen molar-refractivity contribution in [3.8, 4) is 0 Å². The van der Waals surface area contributed by atoms with E-state index in [1.165, 1.54) is 22.3 Å². The summed E-state index contributed by atoms with van der Waals surface area (Å²) in [7, 11) is 0. The molecule has 0 heterocycles. The molecule has 0 saturated heterocycles. The maximum absolute atomic E-state index is 2.22.